The van der Waals surface area contributed by atoms with Crippen molar-refractivity contribution in [1.29, 1.82) is 0 Å². The van der Waals surface area contributed by atoms with Gasteiger partial charge in [-0.3, -0.25) is 0 Å². The molecule has 0 bridgehead atoms. The van der Waals surface area contributed by atoms with Crippen LogP contribution in [-0.2, 0) is 10.0 Å². The predicted octanol–water partition coefficient (Wildman–Crippen LogP) is -1.76. The zero-order chi connectivity index (χ0) is 16.3. The maximum absolute atomic E-state index is 12.1. The van der Waals surface area contributed by atoms with Crippen LogP contribution in [0, 0.1) is 0 Å². The van der Waals surface area contributed by atoms with Gasteiger partial charge in [-0.25, -0.2) is 0 Å². The van der Waals surface area contributed by atoms with Gasteiger partial charge in [0.15, 0.2) is 0 Å². The van der Waals surface area contributed by atoms with E-state index in [1.54, 1.807) is 0 Å². The molecule has 0 saturated heterocycles. The highest BCUT2D eigenvalue weighted by Crippen LogP contribution is 2.17. The summed E-state index contributed by atoms with van der Waals surface area (Å²) in [5, 5.41) is 32.5. The molecule has 0 saturated carbocycles. The summed E-state index contributed by atoms with van der Waals surface area (Å²) >= 11 is 0. The summed E-state index contributed by atoms with van der Waals surface area (Å²) in [7, 11) is -4.19. The Hall–Kier alpha value is -2.87. The van der Waals surface area contributed by atoms with E-state index in [-0.39, 0.29) is 21.7 Å². The number of hydrogen-bond acceptors (Lipinski definition) is 6. The third kappa shape index (κ3) is 3.23. The highest BCUT2D eigenvalue weighted by atomic mass is 32.2. The molecule has 1 aliphatic carbocycles. The number of nitrogens with zero attached hydrogens (tertiary/aromatic N) is 1. The van der Waals surface area contributed by atoms with E-state index in [1.165, 1.54) is 24.3 Å². The standard InChI is InChI=1S/C14H11NO6S/c16-13(17)9-5-7-10(8-6-9)22(20,21)15-12-4-2-1-3-11(12)14(18)19/h1-8,18-19H,(H,16,17)/p-3. The van der Waals surface area contributed by atoms with E-state index < -0.39 is 21.9 Å². The number of aromatic carboxylic acids is 1. The van der Waals surface area contributed by atoms with Crippen LogP contribution in [0.4, 0.5) is 0 Å². The summed E-state index contributed by atoms with van der Waals surface area (Å²) in [5.74, 6) is -3.00. The van der Waals surface area contributed by atoms with Crippen molar-refractivity contribution in [2.45, 2.75) is 4.90 Å². The van der Waals surface area contributed by atoms with Gasteiger partial charge in [-0.05, 0) is 29.3 Å². The molecule has 2 rings (SSSR count). The smallest absolute Gasteiger partial charge is 0.282 e. The Morgan fingerprint density at radius 1 is 0.955 bits per heavy atom. The molecule has 1 aromatic rings. The van der Waals surface area contributed by atoms with Gasteiger partial charge >= 0.3 is 0 Å². The van der Waals surface area contributed by atoms with E-state index in [9.17, 15) is 28.5 Å². The van der Waals surface area contributed by atoms with Gasteiger partial charge in [-0.1, -0.05) is 30.4 Å². The molecule has 0 amide bonds. The summed E-state index contributed by atoms with van der Waals surface area (Å²) < 4.78 is 27.7. The molecule has 0 heterocycles. The lowest BCUT2D eigenvalue weighted by molar-refractivity contribution is -0.513. The summed E-state index contributed by atoms with van der Waals surface area (Å²) in [4.78, 5) is 10.3. The Morgan fingerprint density at radius 2 is 1.55 bits per heavy atom. The first-order valence-corrected chi connectivity index (χ1v) is 7.35. The maximum Gasteiger partial charge on any atom is 0.282 e. The van der Waals surface area contributed by atoms with Crippen molar-refractivity contribution in [3.05, 3.63) is 65.7 Å². The average molecular weight is 318 g/mol. The van der Waals surface area contributed by atoms with Crippen LogP contribution in [0.1, 0.15) is 10.4 Å². The number of sulfonamides is 1. The topological polar surface area (TPSA) is 133 Å². The van der Waals surface area contributed by atoms with Gasteiger partial charge in [0.25, 0.3) is 10.0 Å². The van der Waals surface area contributed by atoms with E-state index in [2.05, 4.69) is 4.40 Å². The number of rotatable bonds is 3. The largest absolute Gasteiger partial charge is 0.883 e. The number of carbonyl (C=O) groups is 1. The first-order valence-electron chi connectivity index (χ1n) is 5.91. The number of allylic oxidation sites excluding steroid dienone is 5. The highest BCUT2D eigenvalue weighted by molar-refractivity contribution is 7.90. The number of carboxylic acid groups (broad SMARTS) is 1. The van der Waals surface area contributed by atoms with Gasteiger partial charge in [-0.15, -0.1) is 0 Å². The molecule has 114 valence electrons. The van der Waals surface area contributed by atoms with Gasteiger partial charge in [0, 0.05) is 0 Å². The molecule has 1 aromatic carbocycles. The van der Waals surface area contributed by atoms with Gasteiger partial charge in [0.05, 0.1) is 16.6 Å². The van der Waals surface area contributed by atoms with Crippen molar-refractivity contribution in [3.63, 3.8) is 0 Å². The van der Waals surface area contributed by atoms with Crippen LogP contribution >= 0.6 is 0 Å². The highest BCUT2D eigenvalue weighted by Gasteiger charge is 2.15. The minimum absolute atomic E-state index is 0.186. The second kappa shape index (κ2) is 5.86. The van der Waals surface area contributed by atoms with Crippen molar-refractivity contribution in [3.8, 4) is 0 Å². The van der Waals surface area contributed by atoms with Gasteiger partial charge in [-0.2, -0.15) is 18.8 Å². The van der Waals surface area contributed by atoms with Crippen molar-refractivity contribution in [2.24, 2.45) is 4.40 Å². The van der Waals surface area contributed by atoms with Crippen molar-refractivity contribution >= 4 is 21.7 Å². The SMILES string of the molecule is O=C([O-])c1ccc(S(=O)(=O)N=C2C=CC=CC2=C([O-])[O-])cc1. The molecule has 0 unspecified atom stereocenters. The minimum Gasteiger partial charge on any atom is -0.883 e. The lowest BCUT2D eigenvalue weighted by Crippen LogP contribution is -2.24. The maximum atomic E-state index is 12.1. The number of benzene rings is 1. The number of hydrogen-bond donors (Lipinski definition) is 0. The summed E-state index contributed by atoms with van der Waals surface area (Å²) in [6, 6.07) is 4.21. The fraction of sp³-hybridized carbons (Fsp3) is 0. The average Bonchev–Trinajstić information content (AvgIpc) is 2.47. The van der Waals surface area contributed by atoms with E-state index in [1.807, 2.05) is 0 Å². The molecule has 8 heteroatoms. The summed E-state index contributed by atoms with van der Waals surface area (Å²) in [6.07, 6.45) is 5.23. The van der Waals surface area contributed by atoms with Gasteiger partial charge in [0.1, 0.15) is 0 Å². The van der Waals surface area contributed by atoms with E-state index in [0.29, 0.717) is 0 Å². The van der Waals surface area contributed by atoms with Crippen LogP contribution in [0.15, 0.2) is 69.4 Å². The molecule has 0 aromatic heterocycles. The molecular weight excluding hydrogens is 310 g/mol. The lowest BCUT2D eigenvalue weighted by atomic mass is 10.1. The molecule has 0 atom stereocenters. The second-order valence-electron chi connectivity index (χ2n) is 4.18. The quantitative estimate of drug-likeness (QED) is 0.606. The molecule has 0 N–H and O–H groups in total. The predicted molar refractivity (Wildman–Crippen MR) is 70.7 cm³/mol. The van der Waals surface area contributed by atoms with Crippen molar-refractivity contribution < 1.29 is 28.5 Å². The number of carbonyl (C=O) groups excluding carboxylic acids is 1. The molecule has 1 aliphatic rings. The van der Waals surface area contributed by atoms with Gasteiger partial charge < -0.3 is 20.1 Å². The van der Waals surface area contributed by atoms with Gasteiger partial charge in [0.2, 0.25) is 0 Å². The Kier molecular flexibility index (Phi) is 4.13. The Labute approximate surface area is 125 Å². The van der Waals surface area contributed by atoms with Crippen LogP contribution in [0.2, 0.25) is 0 Å². The monoisotopic (exact) mass is 318 g/mol. The normalized spacial score (nSPS) is 16.0. The molecule has 22 heavy (non-hydrogen) atoms. The molecule has 7 nitrogen and oxygen atoms in total. The van der Waals surface area contributed by atoms with Crippen molar-refractivity contribution in [2.75, 3.05) is 0 Å². The van der Waals surface area contributed by atoms with Crippen molar-refractivity contribution in [1.82, 2.24) is 0 Å². The molecule has 0 fully saturated rings. The Balaban J connectivity index is 2.45. The van der Waals surface area contributed by atoms with Crippen LogP contribution in [-0.4, -0.2) is 20.1 Å². The first kappa shape index (κ1) is 15.5. The van der Waals surface area contributed by atoms with E-state index in [0.717, 1.165) is 24.3 Å². The third-order valence-corrected chi connectivity index (χ3v) is 4.04. The van der Waals surface area contributed by atoms with Crippen LogP contribution in [0.25, 0.3) is 0 Å². The van der Waals surface area contributed by atoms with Crippen LogP contribution < -0.4 is 15.3 Å². The third-order valence-electron chi connectivity index (χ3n) is 2.73. The lowest BCUT2D eigenvalue weighted by Gasteiger charge is -2.23. The van der Waals surface area contributed by atoms with Crippen LogP contribution in [0.3, 0.4) is 0 Å². The molecule has 0 radical (unpaired) electrons. The Morgan fingerprint density at radius 3 is 2.09 bits per heavy atom. The fourth-order valence-electron chi connectivity index (χ4n) is 1.67. The Bertz CT molecular complexity index is 825. The zero-order valence-electron chi connectivity index (χ0n) is 10.9. The first-order chi connectivity index (χ1) is 10.3. The number of carboxylic acids is 1. The molecule has 0 aliphatic heterocycles. The molecule has 0 spiro atoms. The second-order valence-corrected chi connectivity index (χ2v) is 5.79. The fourth-order valence-corrected chi connectivity index (χ4v) is 2.67. The summed E-state index contributed by atoms with van der Waals surface area (Å²) in [5.41, 5.74) is -0.821. The van der Waals surface area contributed by atoms with E-state index >= 15 is 0 Å². The van der Waals surface area contributed by atoms with Crippen LogP contribution in [0.5, 0.6) is 0 Å². The summed E-state index contributed by atoms with van der Waals surface area (Å²) in [6.45, 7) is 0. The minimum atomic E-state index is -4.19. The van der Waals surface area contributed by atoms with E-state index in [4.69, 9.17) is 0 Å². The molecular formula is C14H8NO6S-3. The zero-order valence-corrected chi connectivity index (χ0v) is 11.7.